The normalized spacial score (nSPS) is 13.9. The zero-order valence-electron chi connectivity index (χ0n) is 9.06. The molecule has 0 aromatic heterocycles. The number of fused-ring (bicyclic) bond motifs is 1. The Bertz CT molecular complexity index is 472. The van der Waals surface area contributed by atoms with E-state index in [2.05, 4.69) is 48.8 Å². The SMILES string of the molecule is Cc1cccc2c1C#CCCCCC#C2. The van der Waals surface area contributed by atoms with E-state index < -0.39 is 0 Å². The van der Waals surface area contributed by atoms with E-state index in [1.165, 1.54) is 18.4 Å². The molecule has 1 aliphatic rings. The van der Waals surface area contributed by atoms with Gasteiger partial charge in [-0.1, -0.05) is 35.8 Å². The van der Waals surface area contributed by atoms with Crippen molar-refractivity contribution in [2.45, 2.75) is 32.6 Å². The van der Waals surface area contributed by atoms with Crippen LogP contribution in [0.1, 0.15) is 42.4 Å². The Morgan fingerprint density at radius 1 is 1.00 bits per heavy atom. The summed E-state index contributed by atoms with van der Waals surface area (Å²) in [5, 5.41) is 0. The van der Waals surface area contributed by atoms with Crippen LogP contribution in [-0.4, -0.2) is 0 Å². The number of benzene rings is 1. The Labute approximate surface area is 91.7 Å². The van der Waals surface area contributed by atoms with E-state index >= 15 is 0 Å². The molecule has 0 heterocycles. The molecular weight excluding hydrogens is 180 g/mol. The van der Waals surface area contributed by atoms with Crippen LogP contribution in [0.15, 0.2) is 18.2 Å². The van der Waals surface area contributed by atoms with Crippen LogP contribution in [0.2, 0.25) is 0 Å². The molecular formula is C15H14. The van der Waals surface area contributed by atoms with Crippen LogP contribution < -0.4 is 0 Å². The fourth-order valence-electron chi connectivity index (χ4n) is 1.67. The lowest BCUT2D eigenvalue weighted by Crippen LogP contribution is -1.89. The van der Waals surface area contributed by atoms with Gasteiger partial charge in [-0.2, -0.15) is 0 Å². The highest BCUT2D eigenvalue weighted by Crippen LogP contribution is 2.13. The number of hydrogen-bond donors (Lipinski definition) is 0. The van der Waals surface area contributed by atoms with E-state index in [9.17, 15) is 0 Å². The molecule has 0 spiro atoms. The first-order valence-electron chi connectivity index (χ1n) is 5.45. The molecule has 0 aliphatic heterocycles. The van der Waals surface area contributed by atoms with Gasteiger partial charge < -0.3 is 0 Å². The third-order valence-corrected chi connectivity index (χ3v) is 2.56. The first kappa shape index (κ1) is 9.88. The Morgan fingerprint density at radius 2 is 1.73 bits per heavy atom. The van der Waals surface area contributed by atoms with Crippen molar-refractivity contribution in [2.24, 2.45) is 0 Å². The second-order valence-corrected chi connectivity index (χ2v) is 3.81. The molecule has 0 amide bonds. The van der Waals surface area contributed by atoms with Crippen molar-refractivity contribution in [1.82, 2.24) is 0 Å². The van der Waals surface area contributed by atoms with Crippen LogP contribution >= 0.6 is 0 Å². The van der Waals surface area contributed by atoms with Crippen molar-refractivity contribution < 1.29 is 0 Å². The van der Waals surface area contributed by atoms with Gasteiger partial charge in [0.1, 0.15) is 0 Å². The molecule has 0 fully saturated rings. The number of aryl methyl sites for hydroxylation is 1. The van der Waals surface area contributed by atoms with Crippen LogP contribution in [-0.2, 0) is 0 Å². The van der Waals surface area contributed by atoms with Gasteiger partial charge in [-0.15, -0.1) is 0 Å². The predicted molar refractivity (Wildman–Crippen MR) is 63.4 cm³/mol. The Hall–Kier alpha value is -1.66. The highest BCUT2D eigenvalue weighted by molar-refractivity contribution is 5.54. The summed E-state index contributed by atoms with van der Waals surface area (Å²) in [6, 6.07) is 6.21. The van der Waals surface area contributed by atoms with Gasteiger partial charge in [0.2, 0.25) is 0 Å². The fraction of sp³-hybridized carbons (Fsp3) is 0.333. The lowest BCUT2D eigenvalue weighted by molar-refractivity contribution is 0.782. The van der Waals surface area contributed by atoms with Crippen molar-refractivity contribution in [1.29, 1.82) is 0 Å². The minimum atomic E-state index is 0.995. The van der Waals surface area contributed by atoms with Crippen molar-refractivity contribution in [3.05, 3.63) is 34.9 Å². The second-order valence-electron chi connectivity index (χ2n) is 3.81. The highest BCUT2D eigenvalue weighted by Gasteiger charge is 2.00. The molecule has 0 heteroatoms. The monoisotopic (exact) mass is 194 g/mol. The van der Waals surface area contributed by atoms with Crippen molar-refractivity contribution in [3.63, 3.8) is 0 Å². The van der Waals surface area contributed by atoms with E-state index in [1.807, 2.05) is 0 Å². The van der Waals surface area contributed by atoms with Crippen LogP contribution in [0.5, 0.6) is 0 Å². The van der Waals surface area contributed by atoms with E-state index in [1.54, 1.807) is 0 Å². The topological polar surface area (TPSA) is 0 Å². The summed E-state index contributed by atoms with van der Waals surface area (Å²) >= 11 is 0. The summed E-state index contributed by atoms with van der Waals surface area (Å²) in [5.74, 6) is 12.9. The third-order valence-electron chi connectivity index (χ3n) is 2.56. The molecule has 74 valence electrons. The van der Waals surface area contributed by atoms with Crippen LogP contribution in [0.3, 0.4) is 0 Å². The van der Waals surface area contributed by atoms with E-state index in [0.29, 0.717) is 0 Å². The molecule has 1 aliphatic carbocycles. The van der Waals surface area contributed by atoms with Crippen molar-refractivity contribution >= 4 is 0 Å². The van der Waals surface area contributed by atoms with Gasteiger partial charge in [-0.3, -0.25) is 0 Å². The molecule has 0 N–H and O–H groups in total. The largest absolute Gasteiger partial charge is 0.0978 e. The van der Waals surface area contributed by atoms with Crippen molar-refractivity contribution in [3.8, 4) is 23.7 Å². The molecule has 0 nitrogen and oxygen atoms in total. The summed E-state index contributed by atoms with van der Waals surface area (Å²) in [6.07, 6.45) is 4.33. The molecule has 0 saturated heterocycles. The first-order valence-corrected chi connectivity index (χ1v) is 5.45. The molecule has 0 atom stereocenters. The zero-order valence-corrected chi connectivity index (χ0v) is 9.06. The predicted octanol–water partition coefficient (Wildman–Crippen LogP) is 3.27. The molecule has 1 aromatic rings. The highest BCUT2D eigenvalue weighted by atomic mass is 14.0. The maximum absolute atomic E-state index is 3.25. The first-order chi connectivity index (χ1) is 7.38. The molecule has 0 bridgehead atoms. The van der Waals surface area contributed by atoms with Crippen LogP contribution in [0.4, 0.5) is 0 Å². The fourth-order valence-corrected chi connectivity index (χ4v) is 1.67. The van der Waals surface area contributed by atoms with Crippen LogP contribution in [0, 0.1) is 30.6 Å². The maximum Gasteiger partial charge on any atom is 0.0431 e. The summed E-state index contributed by atoms with van der Waals surface area (Å²) in [7, 11) is 0. The number of rotatable bonds is 0. The van der Waals surface area contributed by atoms with Gasteiger partial charge in [0.25, 0.3) is 0 Å². The van der Waals surface area contributed by atoms with Gasteiger partial charge in [0.15, 0.2) is 0 Å². The van der Waals surface area contributed by atoms with Gasteiger partial charge in [-0.05, 0) is 31.4 Å². The summed E-state index contributed by atoms with van der Waals surface area (Å²) < 4.78 is 0. The van der Waals surface area contributed by atoms with E-state index in [0.717, 1.165) is 24.0 Å². The van der Waals surface area contributed by atoms with Gasteiger partial charge in [0, 0.05) is 24.0 Å². The van der Waals surface area contributed by atoms with Gasteiger partial charge >= 0.3 is 0 Å². The Kier molecular flexibility index (Phi) is 3.11. The average Bonchev–Trinajstić information content (AvgIpc) is 2.26. The Balaban J connectivity index is 2.50. The third kappa shape index (κ3) is 2.42. The summed E-state index contributed by atoms with van der Waals surface area (Å²) in [6.45, 7) is 2.10. The minimum absolute atomic E-state index is 0.995. The summed E-state index contributed by atoms with van der Waals surface area (Å²) in [5.41, 5.74) is 3.44. The van der Waals surface area contributed by atoms with E-state index in [4.69, 9.17) is 0 Å². The van der Waals surface area contributed by atoms with Crippen molar-refractivity contribution in [2.75, 3.05) is 0 Å². The number of hydrogen-bond acceptors (Lipinski definition) is 0. The minimum Gasteiger partial charge on any atom is -0.0978 e. The quantitative estimate of drug-likeness (QED) is 0.556. The molecule has 0 unspecified atom stereocenters. The molecule has 1 aromatic carbocycles. The maximum atomic E-state index is 3.25. The molecule has 0 radical (unpaired) electrons. The average molecular weight is 194 g/mol. The Morgan fingerprint density at radius 3 is 2.53 bits per heavy atom. The molecule has 0 saturated carbocycles. The lowest BCUT2D eigenvalue weighted by atomic mass is 10.0. The second kappa shape index (κ2) is 4.72. The summed E-state index contributed by atoms with van der Waals surface area (Å²) in [4.78, 5) is 0. The van der Waals surface area contributed by atoms with Gasteiger partial charge in [-0.25, -0.2) is 0 Å². The molecule has 2 rings (SSSR count). The zero-order chi connectivity index (χ0) is 10.5. The van der Waals surface area contributed by atoms with Crippen LogP contribution in [0.25, 0.3) is 0 Å². The standard InChI is InChI=1S/C15H14/c1-13-9-8-11-14-10-6-4-2-3-5-7-12-15(13)14/h8-9,11H,2-5H2,1H3. The van der Waals surface area contributed by atoms with E-state index in [-0.39, 0.29) is 0 Å². The smallest absolute Gasteiger partial charge is 0.0431 e. The van der Waals surface area contributed by atoms with Gasteiger partial charge in [0.05, 0.1) is 0 Å². The molecule has 15 heavy (non-hydrogen) atoms. The lowest BCUT2D eigenvalue weighted by Gasteiger charge is -2.02.